The molecule has 2 N–H and O–H groups in total. The maximum atomic E-state index is 12.7. The lowest BCUT2D eigenvalue weighted by Gasteiger charge is -2.45. The van der Waals surface area contributed by atoms with E-state index in [-0.39, 0.29) is 5.91 Å². The Morgan fingerprint density at radius 1 is 1.24 bits per heavy atom. The van der Waals surface area contributed by atoms with Gasteiger partial charge in [0.2, 0.25) is 5.91 Å². The van der Waals surface area contributed by atoms with Gasteiger partial charge in [-0.1, -0.05) is 24.7 Å². The first-order chi connectivity index (χ1) is 10.1. The third-order valence-electron chi connectivity index (χ3n) is 4.63. The maximum absolute atomic E-state index is 12.7. The molecule has 1 aliphatic heterocycles. The van der Waals surface area contributed by atoms with Gasteiger partial charge in [-0.3, -0.25) is 4.79 Å². The van der Waals surface area contributed by atoms with Crippen molar-refractivity contribution in [3.05, 3.63) is 24.4 Å². The molecular weight excluding hydrogens is 284 g/mol. The zero-order valence-corrected chi connectivity index (χ0v) is 12.8. The lowest BCUT2D eigenvalue weighted by atomic mass is 9.67. The zero-order valence-electron chi connectivity index (χ0n) is 12.0. The summed E-state index contributed by atoms with van der Waals surface area (Å²) in [5, 5.41) is 0. The van der Waals surface area contributed by atoms with E-state index in [2.05, 4.69) is 9.88 Å². The normalized spacial score (nSPS) is 20.8. The van der Waals surface area contributed by atoms with E-state index in [1.54, 1.807) is 6.20 Å². The van der Waals surface area contributed by atoms with Crippen LogP contribution in [-0.4, -0.2) is 47.0 Å². The van der Waals surface area contributed by atoms with Crippen LogP contribution in [0.15, 0.2) is 24.4 Å². The maximum Gasteiger partial charge on any atom is 0.235 e. The van der Waals surface area contributed by atoms with Crippen LogP contribution in [0.5, 0.6) is 0 Å². The van der Waals surface area contributed by atoms with Crippen molar-refractivity contribution >= 4 is 28.9 Å². The fourth-order valence-electron chi connectivity index (χ4n) is 3.08. The molecular formula is C15H20N4OS. The number of thiocarbonyl (C=S) groups is 1. The van der Waals surface area contributed by atoms with E-state index >= 15 is 0 Å². The minimum absolute atomic E-state index is 0.127. The monoisotopic (exact) mass is 304 g/mol. The smallest absolute Gasteiger partial charge is 0.235 e. The van der Waals surface area contributed by atoms with Crippen molar-refractivity contribution in [3.63, 3.8) is 0 Å². The van der Waals surface area contributed by atoms with E-state index in [4.69, 9.17) is 18.0 Å². The molecule has 0 unspecified atom stereocenters. The van der Waals surface area contributed by atoms with Crippen molar-refractivity contribution in [2.75, 3.05) is 31.1 Å². The van der Waals surface area contributed by atoms with Gasteiger partial charge >= 0.3 is 0 Å². The number of carbonyl (C=O) groups is 1. The summed E-state index contributed by atoms with van der Waals surface area (Å²) in [6.07, 6.45) is 4.45. The Kier molecular flexibility index (Phi) is 3.80. The van der Waals surface area contributed by atoms with Gasteiger partial charge in [0.05, 0.1) is 10.4 Å². The predicted octanol–water partition coefficient (Wildman–Crippen LogP) is 1.19. The van der Waals surface area contributed by atoms with Crippen LogP contribution in [-0.2, 0) is 4.79 Å². The second kappa shape index (κ2) is 5.60. The highest BCUT2D eigenvalue weighted by atomic mass is 32.1. The number of nitrogens with zero attached hydrogens (tertiary/aromatic N) is 3. The molecule has 3 rings (SSSR count). The highest BCUT2D eigenvalue weighted by Crippen LogP contribution is 2.43. The molecule has 21 heavy (non-hydrogen) atoms. The third kappa shape index (κ3) is 2.48. The summed E-state index contributed by atoms with van der Waals surface area (Å²) in [7, 11) is 0. The highest BCUT2D eigenvalue weighted by Gasteiger charge is 2.49. The summed E-state index contributed by atoms with van der Waals surface area (Å²) in [5.74, 6) is 1.10. The second-order valence-electron chi connectivity index (χ2n) is 5.77. The summed E-state index contributed by atoms with van der Waals surface area (Å²) in [5.41, 5.74) is 5.27. The average Bonchev–Trinajstić information content (AvgIpc) is 2.47. The van der Waals surface area contributed by atoms with E-state index in [0.717, 1.165) is 38.2 Å². The zero-order chi connectivity index (χ0) is 14.9. The van der Waals surface area contributed by atoms with Crippen molar-refractivity contribution in [2.24, 2.45) is 11.1 Å². The molecule has 112 valence electrons. The van der Waals surface area contributed by atoms with Crippen molar-refractivity contribution in [3.8, 4) is 0 Å². The molecule has 1 amide bonds. The van der Waals surface area contributed by atoms with Gasteiger partial charge in [-0.25, -0.2) is 4.98 Å². The molecule has 1 saturated carbocycles. The number of amides is 1. The van der Waals surface area contributed by atoms with E-state index < -0.39 is 5.41 Å². The molecule has 1 aliphatic carbocycles. The van der Waals surface area contributed by atoms with Crippen molar-refractivity contribution in [1.29, 1.82) is 0 Å². The fraction of sp³-hybridized carbons (Fsp3) is 0.533. The highest BCUT2D eigenvalue weighted by molar-refractivity contribution is 7.80. The van der Waals surface area contributed by atoms with Gasteiger partial charge in [0.1, 0.15) is 5.82 Å². The Bertz CT molecular complexity index is 536. The summed E-state index contributed by atoms with van der Waals surface area (Å²) in [6, 6.07) is 5.89. The van der Waals surface area contributed by atoms with Gasteiger partial charge < -0.3 is 15.5 Å². The summed E-state index contributed by atoms with van der Waals surface area (Å²) in [4.78, 5) is 21.6. The standard InChI is InChI=1S/C15H20N4OS/c16-13(21)15(5-3-6-15)14(20)19-10-8-18(9-11-19)12-4-1-2-7-17-12/h1-2,4,7H,3,5-6,8-11H2,(H2,16,21). The van der Waals surface area contributed by atoms with Gasteiger partial charge in [0, 0.05) is 32.4 Å². The first kappa shape index (κ1) is 14.3. The molecule has 2 aliphatic rings. The number of piperazine rings is 1. The van der Waals surface area contributed by atoms with Crippen LogP contribution in [0.2, 0.25) is 0 Å². The van der Waals surface area contributed by atoms with Crippen molar-refractivity contribution < 1.29 is 4.79 Å². The van der Waals surface area contributed by atoms with Crippen LogP contribution < -0.4 is 10.6 Å². The third-order valence-corrected chi connectivity index (χ3v) is 5.02. The predicted molar refractivity (Wildman–Crippen MR) is 86.1 cm³/mol. The summed E-state index contributed by atoms with van der Waals surface area (Å²) in [6.45, 7) is 3.02. The molecule has 5 nitrogen and oxygen atoms in total. The molecule has 1 aromatic rings. The van der Waals surface area contributed by atoms with E-state index in [1.807, 2.05) is 23.1 Å². The molecule has 0 atom stereocenters. The van der Waals surface area contributed by atoms with Crippen LogP contribution in [0, 0.1) is 5.41 Å². The van der Waals surface area contributed by atoms with Crippen molar-refractivity contribution in [2.45, 2.75) is 19.3 Å². The number of nitrogens with two attached hydrogens (primary N) is 1. The van der Waals surface area contributed by atoms with Crippen LogP contribution in [0.25, 0.3) is 0 Å². The quantitative estimate of drug-likeness (QED) is 0.850. The van der Waals surface area contributed by atoms with Gasteiger partial charge in [-0.2, -0.15) is 0 Å². The summed E-state index contributed by atoms with van der Waals surface area (Å²) < 4.78 is 0. The summed E-state index contributed by atoms with van der Waals surface area (Å²) >= 11 is 5.14. The van der Waals surface area contributed by atoms with Crippen LogP contribution in [0.4, 0.5) is 5.82 Å². The first-order valence-corrected chi connectivity index (χ1v) is 7.79. The number of rotatable bonds is 3. The Morgan fingerprint density at radius 2 is 1.95 bits per heavy atom. The minimum atomic E-state index is -0.553. The van der Waals surface area contributed by atoms with Gasteiger partial charge in [0.15, 0.2) is 0 Å². The Balaban J connectivity index is 1.63. The number of anilines is 1. The first-order valence-electron chi connectivity index (χ1n) is 7.39. The van der Waals surface area contributed by atoms with Gasteiger partial charge in [-0.05, 0) is 25.0 Å². The van der Waals surface area contributed by atoms with Gasteiger partial charge in [-0.15, -0.1) is 0 Å². The van der Waals surface area contributed by atoms with E-state index in [9.17, 15) is 4.79 Å². The van der Waals surface area contributed by atoms with E-state index in [0.29, 0.717) is 18.1 Å². The Hall–Kier alpha value is -1.69. The molecule has 1 aromatic heterocycles. The lowest BCUT2D eigenvalue weighted by Crippen LogP contribution is -2.58. The number of hydrogen-bond donors (Lipinski definition) is 1. The molecule has 0 spiro atoms. The number of hydrogen-bond acceptors (Lipinski definition) is 4. The molecule has 0 aromatic carbocycles. The molecule has 2 heterocycles. The van der Waals surface area contributed by atoms with Crippen molar-refractivity contribution in [1.82, 2.24) is 9.88 Å². The minimum Gasteiger partial charge on any atom is -0.392 e. The Morgan fingerprint density at radius 3 is 2.43 bits per heavy atom. The van der Waals surface area contributed by atoms with Crippen LogP contribution >= 0.6 is 12.2 Å². The van der Waals surface area contributed by atoms with Crippen LogP contribution in [0.1, 0.15) is 19.3 Å². The number of aromatic nitrogens is 1. The molecule has 0 bridgehead atoms. The molecule has 6 heteroatoms. The number of pyridine rings is 1. The molecule has 0 radical (unpaired) electrons. The molecule has 2 fully saturated rings. The lowest BCUT2D eigenvalue weighted by molar-refractivity contribution is -0.142. The van der Waals surface area contributed by atoms with Gasteiger partial charge in [0.25, 0.3) is 0 Å². The molecule has 1 saturated heterocycles. The number of carbonyl (C=O) groups excluding carboxylic acids is 1. The fourth-order valence-corrected chi connectivity index (χ4v) is 3.37. The second-order valence-corrected chi connectivity index (χ2v) is 6.21. The van der Waals surface area contributed by atoms with E-state index in [1.165, 1.54) is 0 Å². The largest absolute Gasteiger partial charge is 0.392 e. The van der Waals surface area contributed by atoms with Crippen LogP contribution in [0.3, 0.4) is 0 Å². The topological polar surface area (TPSA) is 62.5 Å². The SMILES string of the molecule is NC(=S)C1(C(=O)N2CCN(c3ccccn3)CC2)CCC1. The average molecular weight is 304 g/mol. The Labute approximate surface area is 130 Å².